The molecule has 1 aliphatic rings. The van der Waals surface area contributed by atoms with Crippen molar-refractivity contribution in [3.63, 3.8) is 0 Å². The molecule has 6 nitrogen and oxygen atoms in total. The van der Waals surface area contributed by atoms with E-state index in [1.165, 1.54) is 12.8 Å². The smallest absolute Gasteiger partial charge is 0.220 e. The highest BCUT2D eigenvalue weighted by molar-refractivity contribution is 5.76. The van der Waals surface area contributed by atoms with Gasteiger partial charge in [-0.25, -0.2) is 0 Å². The summed E-state index contributed by atoms with van der Waals surface area (Å²) in [7, 11) is 0. The molecule has 0 saturated heterocycles. The number of benzene rings is 1. The van der Waals surface area contributed by atoms with Crippen molar-refractivity contribution >= 4 is 5.91 Å². The number of carbonyl (C=O) groups excluding carboxylic acids is 1. The molecule has 3 heterocycles. The van der Waals surface area contributed by atoms with Gasteiger partial charge in [-0.2, -0.15) is 0 Å². The van der Waals surface area contributed by atoms with Crippen LogP contribution < -0.4 is 5.32 Å². The first-order valence-electron chi connectivity index (χ1n) is 9.61. The van der Waals surface area contributed by atoms with Crippen molar-refractivity contribution in [2.45, 2.75) is 51.6 Å². The summed E-state index contributed by atoms with van der Waals surface area (Å²) in [5.74, 6) is 3.54. The number of nitrogens with one attached hydrogen (secondary N) is 1. The van der Waals surface area contributed by atoms with Crippen molar-refractivity contribution in [2.24, 2.45) is 0 Å². The number of nitrogens with zero attached hydrogens (tertiary/aromatic N) is 3. The Labute approximate surface area is 158 Å². The molecular weight excluding hydrogens is 340 g/mol. The van der Waals surface area contributed by atoms with Crippen molar-refractivity contribution in [1.82, 2.24) is 20.1 Å². The maximum absolute atomic E-state index is 12.2. The lowest BCUT2D eigenvalue weighted by molar-refractivity contribution is -0.121. The summed E-state index contributed by atoms with van der Waals surface area (Å²) in [6, 6.07) is 13.9. The standard InChI is InChI=1S/C21H24N4O2/c26-21(22-15-20-24-23-19-9-5-2-6-14-25(19)20)13-11-17-10-12-18(27-17)16-7-3-1-4-8-16/h1,3-4,7-8,10,12H,2,5-6,9,11,13-15H2,(H,22,26). The van der Waals surface area contributed by atoms with Crippen molar-refractivity contribution in [3.8, 4) is 11.3 Å². The topological polar surface area (TPSA) is 73.0 Å². The highest BCUT2D eigenvalue weighted by Crippen LogP contribution is 2.22. The van der Waals surface area contributed by atoms with Crippen LogP contribution in [0.25, 0.3) is 11.3 Å². The second-order valence-corrected chi connectivity index (χ2v) is 6.90. The van der Waals surface area contributed by atoms with E-state index in [-0.39, 0.29) is 5.91 Å². The Morgan fingerprint density at radius 2 is 1.96 bits per heavy atom. The lowest BCUT2D eigenvalue weighted by Gasteiger charge is -2.08. The molecule has 140 valence electrons. The molecular formula is C21H24N4O2. The monoisotopic (exact) mass is 364 g/mol. The van der Waals surface area contributed by atoms with Crippen molar-refractivity contribution < 1.29 is 9.21 Å². The van der Waals surface area contributed by atoms with E-state index < -0.39 is 0 Å². The average molecular weight is 364 g/mol. The molecule has 6 heteroatoms. The van der Waals surface area contributed by atoms with Crippen LogP contribution in [0.5, 0.6) is 0 Å². The number of carbonyl (C=O) groups is 1. The van der Waals surface area contributed by atoms with Crippen molar-refractivity contribution in [3.05, 3.63) is 59.9 Å². The maximum Gasteiger partial charge on any atom is 0.220 e. The van der Waals surface area contributed by atoms with Gasteiger partial charge in [0.15, 0.2) is 5.82 Å². The maximum atomic E-state index is 12.2. The second-order valence-electron chi connectivity index (χ2n) is 6.90. The van der Waals surface area contributed by atoms with Gasteiger partial charge in [-0.05, 0) is 25.0 Å². The van der Waals surface area contributed by atoms with Crippen LogP contribution in [0, 0.1) is 0 Å². The summed E-state index contributed by atoms with van der Waals surface area (Å²) in [5.41, 5.74) is 1.04. The predicted octanol–water partition coefficient (Wildman–Crippen LogP) is 3.51. The third kappa shape index (κ3) is 4.27. The van der Waals surface area contributed by atoms with Gasteiger partial charge in [0.25, 0.3) is 0 Å². The van der Waals surface area contributed by atoms with E-state index in [0.29, 0.717) is 19.4 Å². The summed E-state index contributed by atoms with van der Waals surface area (Å²) in [6.07, 6.45) is 5.48. The predicted molar refractivity (Wildman–Crippen MR) is 102 cm³/mol. The number of aryl methyl sites for hydroxylation is 2. The first-order chi connectivity index (χ1) is 13.3. The SMILES string of the molecule is O=C(CCc1ccc(-c2ccccc2)o1)NCc1nnc2n1CCCCC2. The van der Waals surface area contributed by atoms with Gasteiger partial charge < -0.3 is 14.3 Å². The molecule has 1 N–H and O–H groups in total. The Balaban J connectivity index is 1.28. The van der Waals surface area contributed by atoms with Crippen LogP contribution in [-0.2, 0) is 30.7 Å². The van der Waals surface area contributed by atoms with E-state index in [2.05, 4.69) is 20.1 Å². The Morgan fingerprint density at radius 3 is 2.85 bits per heavy atom. The molecule has 0 aliphatic carbocycles. The lowest BCUT2D eigenvalue weighted by Crippen LogP contribution is -2.25. The van der Waals surface area contributed by atoms with Crippen LogP contribution in [0.3, 0.4) is 0 Å². The van der Waals surface area contributed by atoms with Crippen LogP contribution in [0.15, 0.2) is 46.9 Å². The molecule has 3 aromatic rings. The normalized spacial score (nSPS) is 13.8. The highest BCUT2D eigenvalue weighted by Gasteiger charge is 2.15. The van der Waals surface area contributed by atoms with Gasteiger partial charge in [0.1, 0.15) is 17.3 Å². The molecule has 27 heavy (non-hydrogen) atoms. The fraction of sp³-hybridized carbons (Fsp3) is 0.381. The highest BCUT2D eigenvalue weighted by atomic mass is 16.3. The molecule has 4 rings (SSSR count). The van der Waals surface area contributed by atoms with E-state index >= 15 is 0 Å². The van der Waals surface area contributed by atoms with Gasteiger partial charge in [0.05, 0.1) is 6.54 Å². The van der Waals surface area contributed by atoms with Gasteiger partial charge in [-0.15, -0.1) is 10.2 Å². The third-order valence-electron chi connectivity index (χ3n) is 4.95. The second kappa shape index (κ2) is 8.20. The number of hydrogen-bond acceptors (Lipinski definition) is 4. The zero-order valence-electron chi connectivity index (χ0n) is 15.4. The molecule has 1 aromatic carbocycles. The number of hydrogen-bond donors (Lipinski definition) is 1. The lowest BCUT2D eigenvalue weighted by atomic mass is 10.2. The van der Waals surface area contributed by atoms with E-state index in [0.717, 1.165) is 48.1 Å². The summed E-state index contributed by atoms with van der Waals surface area (Å²) in [4.78, 5) is 12.2. The quantitative estimate of drug-likeness (QED) is 0.726. The zero-order valence-corrected chi connectivity index (χ0v) is 15.4. The van der Waals surface area contributed by atoms with Crippen LogP contribution in [0.2, 0.25) is 0 Å². The molecule has 0 bridgehead atoms. The number of aromatic nitrogens is 3. The van der Waals surface area contributed by atoms with E-state index in [4.69, 9.17) is 4.42 Å². The minimum Gasteiger partial charge on any atom is -0.461 e. The molecule has 1 amide bonds. The minimum atomic E-state index is -0.00127. The first kappa shape index (κ1) is 17.5. The van der Waals surface area contributed by atoms with E-state index in [1.807, 2.05) is 42.5 Å². The Bertz CT molecular complexity index is 898. The van der Waals surface area contributed by atoms with Gasteiger partial charge in [0.2, 0.25) is 5.91 Å². The minimum absolute atomic E-state index is 0.00127. The summed E-state index contributed by atoms with van der Waals surface area (Å²) >= 11 is 0. The molecule has 1 aliphatic heterocycles. The largest absolute Gasteiger partial charge is 0.461 e. The fourth-order valence-electron chi connectivity index (χ4n) is 3.45. The molecule has 0 unspecified atom stereocenters. The van der Waals surface area contributed by atoms with Crippen molar-refractivity contribution in [2.75, 3.05) is 0 Å². The molecule has 2 aromatic heterocycles. The number of rotatable bonds is 6. The van der Waals surface area contributed by atoms with Crippen LogP contribution in [0.4, 0.5) is 0 Å². The molecule has 0 fully saturated rings. The summed E-state index contributed by atoms with van der Waals surface area (Å²) in [5, 5.41) is 11.5. The number of fused-ring (bicyclic) bond motifs is 1. The molecule has 0 saturated carbocycles. The molecule has 0 radical (unpaired) electrons. The van der Waals surface area contributed by atoms with Crippen LogP contribution in [0.1, 0.15) is 43.1 Å². The van der Waals surface area contributed by atoms with Crippen molar-refractivity contribution in [1.29, 1.82) is 0 Å². The Kier molecular flexibility index (Phi) is 5.32. The van der Waals surface area contributed by atoms with E-state index in [9.17, 15) is 4.79 Å². The third-order valence-corrected chi connectivity index (χ3v) is 4.95. The van der Waals surface area contributed by atoms with Gasteiger partial charge >= 0.3 is 0 Å². The fourth-order valence-corrected chi connectivity index (χ4v) is 3.45. The van der Waals surface area contributed by atoms with Crippen LogP contribution in [-0.4, -0.2) is 20.7 Å². The Hall–Kier alpha value is -2.89. The Morgan fingerprint density at radius 1 is 1.07 bits per heavy atom. The molecule has 0 atom stereocenters. The average Bonchev–Trinajstić information content (AvgIpc) is 3.26. The number of amides is 1. The van der Waals surface area contributed by atoms with Gasteiger partial charge in [-0.1, -0.05) is 36.8 Å². The molecule has 0 spiro atoms. The summed E-state index contributed by atoms with van der Waals surface area (Å²) < 4.78 is 8.01. The van der Waals surface area contributed by atoms with Gasteiger partial charge in [-0.3, -0.25) is 4.79 Å². The first-order valence-corrected chi connectivity index (χ1v) is 9.61. The van der Waals surface area contributed by atoms with E-state index in [1.54, 1.807) is 0 Å². The number of furan rings is 1. The summed E-state index contributed by atoms with van der Waals surface area (Å²) in [6.45, 7) is 1.38. The van der Waals surface area contributed by atoms with Crippen LogP contribution >= 0.6 is 0 Å². The van der Waals surface area contributed by atoms with Gasteiger partial charge in [0, 0.05) is 31.4 Å². The zero-order chi connectivity index (χ0) is 18.5.